The van der Waals surface area contributed by atoms with Crippen LogP contribution in [0.15, 0.2) is 29.7 Å². The standard InChI is InChI=1S/C15H21N3OS/c1-11(2)18-10-16-17-15(18)20-9-8-19-14-12(3)6-5-7-13(14)4/h5-7,10-11H,8-9H2,1-4H3. The molecular formula is C15H21N3OS. The van der Waals surface area contributed by atoms with Gasteiger partial charge in [0.15, 0.2) is 5.16 Å². The van der Waals surface area contributed by atoms with E-state index in [1.165, 1.54) is 11.1 Å². The van der Waals surface area contributed by atoms with Gasteiger partial charge in [-0.05, 0) is 38.8 Å². The fourth-order valence-corrected chi connectivity index (χ4v) is 2.85. The maximum atomic E-state index is 5.89. The van der Waals surface area contributed by atoms with Gasteiger partial charge in [0, 0.05) is 11.8 Å². The van der Waals surface area contributed by atoms with E-state index in [2.05, 4.69) is 60.7 Å². The molecule has 0 aliphatic rings. The van der Waals surface area contributed by atoms with Gasteiger partial charge in [0.1, 0.15) is 12.1 Å². The van der Waals surface area contributed by atoms with Crippen LogP contribution in [0, 0.1) is 13.8 Å². The molecule has 0 unspecified atom stereocenters. The molecule has 0 aliphatic carbocycles. The first-order valence-corrected chi connectivity index (χ1v) is 7.79. The van der Waals surface area contributed by atoms with Crippen molar-refractivity contribution in [3.63, 3.8) is 0 Å². The zero-order chi connectivity index (χ0) is 14.5. The lowest BCUT2D eigenvalue weighted by Gasteiger charge is -2.12. The fraction of sp³-hybridized carbons (Fsp3) is 0.467. The topological polar surface area (TPSA) is 39.9 Å². The Kier molecular flexibility index (Phi) is 5.06. The number of rotatable bonds is 6. The summed E-state index contributed by atoms with van der Waals surface area (Å²) in [7, 11) is 0. The van der Waals surface area contributed by atoms with Gasteiger partial charge in [-0.1, -0.05) is 30.0 Å². The van der Waals surface area contributed by atoms with Gasteiger partial charge in [-0.25, -0.2) is 0 Å². The van der Waals surface area contributed by atoms with Gasteiger partial charge in [0.2, 0.25) is 0 Å². The van der Waals surface area contributed by atoms with E-state index in [9.17, 15) is 0 Å². The van der Waals surface area contributed by atoms with Crippen LogP contribution in [0.5, 0.6) is 5.75 Å². The number of para-hydroxylation sites is 1. The molecule has 0 N–H and O–H groups in total. The Morgan fingerprint density at radius 3 is 2.60 bits per heavy atom. The number of benzene rings is 1. The number of hydrogen-bond acceptors (Lipinski definition) is 4. The Hall–Kier alpha value is -1.49. The SMILES string of the molecule is Cc1cccc(C)c1OCCSc1nncn1C(C)C. The molecule has 0 amide bonds. The first kappa shape index (κ1) is 14.9. The van der Waals surface area contributed by atoms with Crippen LogP contribution < -0.4 is 4.74 Å². The fourth-order valence-electron chi connectivity index (χ4n) is 1.99. The number of thioether (sulfide) groups is 1. The number of aryl methyl sites for hydroxylation is 2. The lowest BCUT2D eigenvalue weighted by Crippen LogP contribution is -2.05. The predicted octanol–water partition coefficient (Wildman–Crippen LogP) is 3.65. The lowest BCUT2D eigenvalue weighted by molar-refractivity contribution is 0.339. The van der Waals surface area contributed by atoms with Crippen LogP contribution in [-0.2, 0) is 0 Å². The number of ether oxygens (including phenoxy) is 1. The van der Waals surface area contributed by atoms with Crippen molar-refractivity contribution in [3.05, 3.63) is 35.7 Å². The molecular weight excluding hydrogens is 270 g/mol. The van der Waals surface area contributed by atoms with Crippen LogP contribution >= 0.6 is 11.8 Å². The average Bonchev–Trinajstić information content (AvgIpc) is 2.86. The highest BCUT2D eigenvalue weighted by atomic mass is 32.2. The maximum absolute atomic E-state index is 5.89. The van der Waals surface area contributed by atoms with Crippen molar-refractivity contribution in [2.45, 2.75) is 38.9 Å². The van der Waals surface area contributed by atoms with E-state index in [0.29, 0.717) is 12.6 Å². The zero-order valence-electron chi connectivity index (χ0n) is 12.5. The van der Waals surface area contributed by atoms with Crippen molar-refractivity contribution in [1.82, 2.24) is 14.8 Å². The molecule has 0 aliphatic heterocycles. The van der Waals surface area contributed by atoms with Gasteiger partial charge >= 0.3 is 0 Å². The van der Waals surface area contributed by atoms with E-state index in [4.69, 9.17) is 4.74 Å². The van der Waals surface area contributed by atoms with Crippen molar-refractivity contribution >= 4 is 11.8 Å². The van der Waals surface area contributed by atoms with Gasteiger partial charge in [0.05, 0.1) is 6.61 Å². The third-order valence-corrected chi connectivity index (χ3v) is 3.99. The molecule has 4 nitrogen and oxygen atoms in total. The van der Waals surface area contributed by atoms with Crippen molar-refractivity contribution in [2.24, 2.45) is 0 Å². The molecule has 2 rings (SSSR count). The highest BCUT2D eigenvalue weighted by Gasteiger charge is 2.08. The molecule has 2 aromatic rings. The Balaban J connectivity index is 1.86. The molecule has 0 saturated carbocycles. The van der Waals surface area contributed by atoms with Crippen molar-refractivity contribution in [1.29, 1.82) is 0 Å². The van der Waals surface area contributed by atoms with Crippen LogP contribution in [0.4, 0.5) is 0 Å². The van der Waals surface area contributed by atoms with Gasteiger partial charge in [-0.15, -0.1) is 10.2 Å². The first-order chi connectivity index (χ1) is 9.59. The third-order valence-electron chi connectivity index (χ3n) is 3.07. The van der Waals surface area contributed by atoms with E-state index >= 15 is 0 Å². The molecule has 1 aromatic carbocycles. The maximum Gasteiger partial charge on any atom is 0.191 e. The minimum absolute atomic E-state index is 0.382. The highest BCUT2D eigenvalue weighted by Crippen LogP contribution is 2.23. The van der Waals surface area contributed by atoms with Crippen molar-refractivity contribution < 1.29 is 4.74 Å². The molecule has 0 atom stereocenters. The first-order valence-electron chi connectivity index (χ1n) is 6.81. The molecule has 0 saturated heterocycles. The lowest BCUT2D eigenvalue weighted by atomic mass is 10.1. The second-order valence-corrected chi connectivity index (χ2v) is 6.09. The van der Waals surface area contributed by atoms with E-state index in [1.54, 1.807) is 18.1 Å². The number of aromatic nitrogens is 3. The Morgan fingerprint density at radius 2 is 1.95 bits per heavy atom. The summed E-state index contributed by atoms with van der Waals surface area (Å²) >= 11 is 1.68. The minimum atomic E-state index is 0.382. The normalized spacial score (nSPS) is 11.1. The third kappa shape index (κ3) is 3.54. The summed E-state index contributed by atoms with van der Waals surface area (Å²) in [5.41, 5.74) is 2.36. The van der Waals surface area contributed by atoms with E-state index in [-0.39, 0.29) is 0 Å². The number of nitrogens with zero attached hydrogens (tertiary/aromatic N) is 3. The summed E-state index contributed by atoms with van der Waals surface area (Å²) in [4.78, 5) is 0. The second kappa shape index (κ2) is 6.79. The summed E-state index contributed by atoms with van der Waals surface area (Å²) in [6.45, 7) is 9.07. The predicted molar refractivity (Wildman–Crippen MR) is 82.5 cm³/mol. The average molecular weight is 291 g/mol. The molecule has 0 fully saturated rings. The molecule has 108 valence electrons. The monoisotopic (exact) mass is 291 g/mol. The molecule has 5 heteroatoms. The second-order valence-electron chi connectivity index (χ2n) is 5.03. The minimum Gasteiger partial charge on any atom is -0.492 e. The van der Waals surface area contributed by atoms with Crippen LogP contribution in [0.2, 0.25) is 0 Å². The number of hydrogen-bond donors (Lipinski definition) is 0. The molecule has 1 aromatic heterocycles. The summed E-state index contributed by atoms with van der Waals surface area (Å²) in [5, 5.41) is 9.05. The van der Waals surface area contributed by atoms with Crippen LogP contribution in [0.1, 0.15) is 31.0 Å². The van der Waals surface area contributed by atoms with Gasteiger partial charge < -0.3 is 9.30 Å². The van der Waals surface area contributed by atoms with Crippen LogP contribution in [0.25, 0.3) is 0 Å². The van der Waals surface area contributed by atoms with Gasteiger partial charge in [0.25, 0.3) is 0 Å². The quantitative estimate of drug-likeness (QED) is 0.601. The van der Waals surface area contributed by atoms with Gasteiger partial charge in [-0.2, -0.15) is 0 Å². The molecule has 0 bridgehead atoms. The summed E-state index contributed by atoms with van der Waals surface area (Å²) in [6.07, 6.45) is 1.78. The molecule has 0 spiro atoms. The summed E-state index contributed by atoms with van der Waals surface area (Å²) in [5.74, 6) is 1.86. The van der Waals surface area contributed by atoms with Gasteiger partial charge in [-0.3, -0.25) is 0 Å². The van der Waals surface area contributed by atoms with Crippen molar-refractivity contribution in [2.75, 3.05) is 12.4 Å². The summed E-state index contributed by atoms with van der Waals surface area (Å²) in [6, 6.07) is 6.58. The largest absolute Gasteiger partial charge is 0.492 e. The van der Waals surface area contributed by atoms with Crippen LogP contribution in [0.3, 0.4) is 0 Å². The van der Waals surface area contributed by atoms with Crippen LogP contribution in [-0.4, -0.2) is 27.1 Å². The zero-order valence-corrected chi connectivity index (χ0v) is 13.3. The van der Waals surface area contributed by atoms with Crippen molar-refractivity contribution in [3.8, 4) is 5.75 Å². The van der Waals surface area contributed by atoms with E-state index in [0.717, 1.165) is 16.7 Å². The molecule has 0 radical (unpaired) electrons. The Bertz CT molecular complexity index is 546. The Labute approximate surface area is 124 Å². The highest BCUT2D eigenvalue weighted by molar-refractivity contribution is 7.99. The summed E-state index contributed by atoms with van der Waals surface area (Å²) < 4.78 is 7.96. The Morgan fingerprint density at radius 1 is 1.25 bits per heavy atom. The van der Waals surface area contributed by atoms with E-state index in [1.807, 2.05) is 0 Å². The van der Waals surface area contributed by atoms with E-state index < -0.39 is 0 Å². The molecule has 20 heavy (non-hydrogen) atoms. The smallest absolute Gasteiger partial charge is 0.191 e. The molecule has 1 heterocycles.